The zero-order chi connectivity index (χ0) is 47.8. The largest absolute Gasteiger partial charge is 0.397 e. The topological polar surface area (TPSA) is 212 Å². The van der Waals surface area contributed by atoms with Crippen LogP contribution < -0.4 is 5.32 Å². The van der Waals surface area contributed by atoms with Gasteiger partial charge in [0.2, 0.25) is 5.91 Å². The molecule has 1 heterocycles. The Morgan fingerprint density at radius 2 is 1.03 bits per heavy atom. The molecule has 1 fully saturated rings. The van der Waals surface area contributed by atoms with Crippen LogP contribution in [0.1, 0.15) is 232 Å². The smallest absolute Gasteiger partial charge is 0.394 e. The van der Waals surface area contributed by atoms with Crippen molar-refractivity contribution in [2.45, 2.75) is 281 Å². The molecular formula is C51H97NO12S. The third kappa shape index (κ3) is 33.6. The van der Waals surface area contributed by atoms with Gasteiger partial charge in [-0.25, -0.2) is 4.18 Å². The van der Waals surface area contributed by atoms with Gasteiger partial charge >= 0.3 is 10.4 Å². The Bertz CT molecular complexity index is 1270. The number of unbranched alkanes of at least 4 members (excludes halogenated alkanes) is 30. The van der Waals surface area contributed by atoms with Gasteiger partial charge in [0.05, 0.1) is 25.4 Å². The fraction of sp³-hybridized carbons (Fsp3) is 0.902. The number of carbonyl (C=O) groups excluding carboxylic acids is 1. The van der Waals surface area contributed by atoms with Crippen molar-refractivity contribution >= 4 is 16.3 Å². The van der Waals surface area contributed by atoms with E-state index >= 15 is 0 Å². The monoisotopic (exact) mass is 948 g/mol. The molecule has 0 saturated carbocycles. The number of carbonyl (C=O) groups is 1. The highest BCUT2D eigenvalue weighted by molar-refractivity contribution is 7.80. The van der Waals surface area contributed by atoms with Gasteiger partial charge in [-0.2, -0.15) is 8.42 Å². The van der Waals surface area contributed by atoms with Gasteiger partial charge in [0, 0.05) is 0 Å². The van der Waals surface area contributed by atoms with E-state index in [1.54, 1.807) is 6.08 Å². The molecule has 0 radical (unpaired) electrons. The highest BCUT2D eigenvalue weighted by Gasteiger charge is 2.48. The Morgan fingerprint density at radius 3 is 1.48 bits per heavy atom. The molecule has 0 bridgehead atoms. The number of rotatable bonds is 45. The maximum Gasteiger partial charge on any atom is 0.397 e. The average Bonchev–Trinajstić information content (AvgIpc) is 3.28. The molecule has 1 amide bonds. The first-order chi connectivity index (χ1) is 31.4. The van der Waals surface area contributed by atoms with Crippen molar-refractivity contribution in [3.05, 3.63) is 24.3 Å². The van der Waals surface area contributed by atoms with Crippen molar-refractivity contribution in [1.82, 2.24) is 5.32 Å². The lowest BCUT2D eigenvalue weighted by atomic mass is 9.99. The maximum atomic E-state index is 13.2. The SMILES string of the molecule is CCCCCCCCCCC/C=C/CC/C=C/C(O)C(COC1OC(CO)C(O)C(OS(=O)(=O)O)C1O)NC(=O)C(O)CCCCCCCCCCCCCCCCCCCCCCC. The van der Waals surface area contributed by atoms with Gasteiger partial charge in [-0.05, 0) is 32.1 Å². The van der Waals surface area contributed by atoms with E-state index in [1.807, 2.05) is 0 Å². The molecule has 1 aliphatic rings. The minimum atomic E-state index is -5.12. The van der Waals surface area contributed by atoms with Gasteiger partial charge < -0.3 is 40.3 Å². The molecule has 1 rings (SSSR count). The van der Waals surface area contributed by atoms with Crippen LogP contribution in [0.15, 0.2) is 24.3 Å². The molecule has 0 aromatic heterocycles. The Labute approximate surface area is 395 Å². The molecule has 7 N–H and O–H groups in total. The van der Waals surface area contributed by atoms with E-state index < -0.39 is 78.5 Å². The molecule has 0 spiro atoms. The first-order valence-corrected chi connectivity index (χ1v) is 27.7. The Kier molecular flexibility index (Phi) is 39.3. The van der Waals surface area contributed by atoms with E-state index in [1.165, 1.54) is 167 Å². The molecule has 1 aliphatic heterocycles. The van der Waals surface area contributed by atoms with Crippen LogP contribution in [-0.4, -0.2) is 107 Å². The quantitative estimate of drug-likeness (QED) is 0.0173. The van der Waals surface area contributed by atoms with Crippen LogP contribution in [0, 0.1) is 0 Å². The number of allylic oxidation sites excluding steroid dienone is 3. The molecular weight excluding hydrogens is 851 g/mol. The summed E-state index contributed by atoms with van der Waals surface area (Å²) >= 11 is 0. The fourth-order valence-electron chi connectivity index (χ4n) is 8.42. The van der Waals surface area contributed by atoms with Crippen molar-refractivity contribution in [1.29, 1.82) is 0 Å². The molecule has 0 aromatic carbocycles. The summed E-state index contributed by atoms with van der Waals surface area (Å²) in [7, 11) is -5.12. The summed E-state index contributed by atoms with van der Waals surface area (Å²) in [5.74, 6) is -0.708. The van der Waals surface area contributed by atoms with Crippen LogP contribution >= 0.6 is 0 Å². The van der Waals surface area contributed by atoms with Crippen LogP contribution in [0.4, 0.5) is 0 Å². The molecule has 8 atom stereocenters. The summed E-state index contributed by atoms with van der Waals surface area (Å²) in [6.45, 7) is 3.22. The average molecular weight is 948 g/mol. The predicted molar refractivity (Wildman–Crippen MR) is 261 cm³/mol. The van der Waals surface area contributed by atoms with Crippen LogP contribution in [0.3, 0.4) is 0 Å². The highest BCUT2D eigenvalue weighted by Crippen LogP contribution is 2.26. The highest BCUT2D eigenvalue weighted by atomic mass is 32.3. The van der Waals surface area contributed by atoms with E-state index in [0.29, 0.717) is 12.8 Å². The summed E-state index contributed by atoms with van der Waals surface area (Å²) in [5, 5.41) is 55.3. The normalized spacial score (nSPS) is 20.8. The number of hydrogen-bond donors (Lipinski definition) is 7. The molecule has 0 aliphatic carbocycles. The van der Waals surface area contributed by atoms with Gasteiger partial charge in [-0.1, -0.05) is 224 Å². The van der Waals surface area contributed by atoms with Gasteiger partial charge in [-0.3, -0.25) is 9.35 Å². The summed E-state index contributed by atoms with van der Waals surface area (Å²) < 4.78 is 47.6. The maximum absolute atomic E-state index is 13.2. The molecule has 13 nitrogen and oxygen atoms in total. The van der Waals surface area contributed by atoms with Gasteiger partial charge in [-0.15, -0.1) is 0 Å². The number of aliphatic hydroxyl groups is 5. The number of ether oxygens (including phenoxy) is 2. The van der Waals surface area contributed by atoms with Gasteiger partial charge in [0.1, 0.15) is 30.5 Å². The Morgan fingerprint density at radius 1 is 0.615 bits per heavy atom. The lowest BCUT2D eigenvalue weighted by molar-refractivity contribution is -0.298. The fourth-order valence-corrected chi connectivity index (χ4v) is 8.93. The van der Waals surface area contributed by atoms with Gasteiger partial charge in [0.25, 0.3) is 0 Å². The van der Waals surface area contributed by atoms with Crippen LogP contribution in [0.25, 0.3) is 0 Å². The van der Waals surface area contributed by atoms with Crippen molar-refractivity contribution in [3.63, 3.8) is 0 Å². The molecule has 14 heteroatoms. The van der Waals surface area contributed by atoms with Gasteiger partial charge in [0.15, 0.2) is 6.29 Å². The van der Waals surface area contributed by atoms with E-state index in [4.69, 9.17) is 9.47 Å². The lowest BCUT2D eigenvalue weighted by Gasteiger charge is -2.41. The van der Waals surface area contributed by atoms with E-state index in [-0.39, 0.29) is 6.42 Å². The Hall–Kier alpha value is -1.46. The van der Waals surface area contributed by atoms with Crippen LogP contribution in [0.2, 0.25) is 0 Å². The summed E-state index contributed by atoms with van der Waals surface area (Å²) in [4.78, 5) is 13.2. The standard InChI is InChI=1S/C51H97NO12S/c1-3-5-7-9-11-13-15-17-19-20-21-22-23-24-26-28-30-32-34-36-38-40-45(55)50(58)52-43(42-62-51-48(57)49(64-65(59,60)61)47(56)46(41-53)63-51)44(54)39-37-35-33-31-29-27-25-18-16-14-12-10-8-6-4-2/h29,31,37,39,43-49,51,53-57H,3-28,30,32-36,38,40-42H2,1-2H3,(H,52,58)(H,59,60,61)/b31-29+,39-37+. The van der Waals surface area contributed by atoms with Crippen molar-refractivity contribution in [2.24, 2.45) is 0 Å². The second-order valence-corrected chi connectivity index (χ2v) is 19.7. The minimum Gasteiger partial charge on any atom is -0.394 e. The second-order valence-electron chi connectivity index (χ2n) is 18.6. The first kappa shape index (κ1) is 61.6. The minimum absolute atomic E-state index is 0.241. The summed E-state index contributed by atoms with van der Waals surface area (Å²) in [6, 6.07) is -1.13. The van der Waals surface area contributed by atoms with Crippen LogP contribution in [0.5, 0.6) is 0 Å². The zero-order valence-corrected chi connectivity index (χ0v) is 41.7. The predicted octanol–water partition coefficient (Wildman–Crippen LogP) is 10.3. The van der Waals surface area contributed by atoms with Crippen molar-refractivity contribution in [2.75, 3.05) is 13.2 Å². The molecule has 384 valence electrons. The zero-order valence-electron chi connectivity index (χ0n) is 40.9. The van der Waals surface area contributed by atoms with E-state index in [9.17, 15) is 43.3 Å². The van der Waals surface area contributed by atoms with Crippen LogP contribution in [-0.2, 0) is 28.9 Å². The number of hydrogen-bond acceptors (Lipinski definition) is 11. The molecule has 0 aromatic rings. The Balaban J connectivity index is 2.48. The van der Waals surface area contributed by atoms with E-state index in [2.05, 4.69) is 35.5 Å². The van der Waals surface area contributed by atoms with Crippen molar-refractivity contribution < 1.29 is 57.0 Å². The molecule has 65 heavy (non-hydrogen) atoms. The third-order valence-corrected chi connectivity index (χ3v) is 13.1. The molecule has 1 saturated heterocycles. The third-order valence-electron chi connectivity index (χ3n) is 12.6. The number of nitrogens with one attached hydrogen (secondary N) is 1. The number of aliphatic hydroxyl groups excluding tert-OH is 5. The van der Waals surface area contributed by atoms with Crippen molar-refractivity contribution in [3.8, 4) is 0 Å². The second kappa shape index (κ2) is 41.5. The van der Waals surface area contributed by atoms with E-state index in [0.717, 1.165) is 38.5 Å². The first-order valence-electron chi connectivity index (χ1n) is 26.3. The number of amides is 1. The summed E-state index contributed by atoms with van der Waals surface area (Å²) in [5.41, 5.74) is 0. The molecule has 8 unspecified atom stereocenters. The lowest BCUT2D eigenvalue weighted by Crippen LogP contribution is -2.61. The summed E-state index contributed by atoms with van der Waals surface area (Å²) in [6.07, 6.45) is 36.9.